The maximum absolute atomic E-state index is 6.33. The van der Waals surface area contributed by atoms with E-state index in [9.17, 15) is 0 Å². The van der Waals surface area contributed by atoms with Gasteiger partial charge in [0.2, 0.25) is 0 Å². The van der Waals surface area contributed by atoms with Crippen molar-refractivity contribution in [3.63, 3.8) is 0 Å². The molecule has 0 saturated heterocycles. The fourth-order valence-corrected chi connectivity index (χ4v) is 4.03. The number of rotatable bonds is 16. The van der Waals surface area contributed by atoms with E-state index in [-0.39, 0.29) is 5.54 Å². The SMILES string of the molecule is CCCCCCCCC(CCCCCCCC)(NCl)c1ccccc1. The van der Waals surface area contributed by atoms with E-state index in [1.54, 1.807) is 0 Å². The normalized spacial score (nSPS) is 11.8. The Bertz CT molecular complexity index is 388. The minimum absolute atomic E-state index is 0.0572. The number of unbranched alkanes of at least 4 members (excludes halogenated alkanes) is 10. The monoisotopic (exact) mass is 365 g/mol. The van der Waals surface area contributed by atoms with Crippen LogP contribution in [0.5, 0.6) is 0 Å². The number of halogens is 1. The molecular weight excluding hydrogens is 326 g/mol. The molecule has 0 atom stereocenters. The highest BCUT2D eigenvalue weighted by molar-refractivity contribution is 6.13. The molecule has 0 heterocycles. The van der Waals surface area contributed by atoms with Gasteiger partial charge in [-0.2, -0.15) is 0 Å². The van der Waals surface area contributed by atoms with E-state index in [2.05, 4.69) is 49.0 Å². The van der Waals surface area contributed by atoms with Crippen LogP contribution in [0.15, 0.2) is 30.3 Å². The Morgan fingerprint density at radius 1 is 0.680 bits per heavy atom. The first-order valence-electron chi connectivity index (χ1n) is 10.7. The third-order valence-electron chi connectivity index (χ3n) is 5.42. The fraction of sp³-hybridized carbons (Fsp3) is 0.739. The highest BCUT2D eigenvalue weighted by Crippen LogP contribution is 2.34. The Kier molecular flexibility index (Phi) is 13.2. The Balaban J connectivity index is 2.53. The molecule has 0 aliphatic heterocycles. The molecule has 25 heavy (non-hydrogen) atoms. The summed E-state index contributed by atoms with van der Waals surface area (Å²) in [5.41, 5.74) is 1.30. The second-order valence-electron chi connectivity index (χ2n) is 7.58. The lowest BCUT2D eigenvalue weighted by molar-refractivity contribution is 0.315. The number of hydrogen-bond acceptors (Lipinski definition) is 1. The lowest BCUT2D eigenvalue weighted by Crippen LogP contribution is -2.37. The van der Waals surface area contributed by atoms with Crippen molar-refractivity contribution in [3.05, 3.63) is 35.9 Å². The van der Waals surface area contributed by atoms with Gasteiger partial charge in [0.15, 0.2) is 0 Å². The summed E-state index contributed by atoms with van der Waals surface area (Å²) in [6.45, 7) is 4.55. The van der Waals surface area contributed by atoms with Crippen LogP contribution in [0, 0.1) is 0 Å². The van der Waals surface area contributed by atoms with Crippen molar-refractivity contribution in [2.45, 2.75) is 109 Å². The van der Waals surface area contributed by atoms with E-state index < -0.39 is 0 Å². The van der Waals surface area contributed by atoms with E-state index in [4.69, 9.17) is 11.8 Å². The van der Waals surface area contributed by atoms with Gasteiger partial charge in [-0.1, -0.05) is 121 Å². The van der Waals surface area contributed by atoms with Crippen LogP contribution in [-0.4, -0.2) is 0 Å². The van der Waals surface area contributed by atoms with Gasteiger partial charge in [-0.05, 0) is 30.2 Å². The molecule has 1 N–H and O–H groups in total. The van der Waals surface area contributed by atoms with Crippen molar-refractivity contribution in [3.8, 4) is 0 Å². The molecule has 0 fully saturated rings. The van der Waals surface area contributed by atoms with Gasteiger partial charge in [0.05, 0.1) is 5.54 Å². The van der Waals surface area contributed by atoms with E-state index in [1.807, 2.05) is 0 Å². The van der Waals surface area contributed by atoms with Crippen LogP contribution in [0.2, 0.25) is 0 Å². The molecule has 0 spiro atoms. The van der Waals surface area contributed by atoms with Crippen LogP contribution in [0.4, 0.5) is 0 Å². The molecule has 1 nitrogen and oxygen atoms in total. The summed E-state index contributed by atoms with van der Waals surface area (Å²) in [4.78, 5) is 3.21. The summed E-state index contributed by atoms with van der Waals surface area (Å²) in [7, 11) is 0. The average molecular weight is 366 g/mol. The Labute approximate surface area is 162 Å². The highest BCUT2D eigenvalue weighted by Gasteiger charge is 2.30. The lowest BCUT2D eigenvalue weighted by Gasteiger charge is -2.33. The van der Waals surface area contributed by atoms with Crippen LogP contribution < -0.4 is 4.84 Å². The predicted molar refractivity (Wildman–Crippen MR) is 113 cm³/mol. The van der Waals surface area contributed by atoms with Crippen LogP contribution in [0.1, 0.15) is 109 Å². The maximum Gasteiger partial charge on any atom is 0.0580 e. The second kappa shape index (κ2) is 14.6. The molecule has 0 aliphatic rings. The summed E-state index contributed by atoms with van der Waals surface area (Å²) in [6, 6.07) is 10.9. The molecule has 0 aromatic heterocycles. The third-order valence-corrected chi connectivity index (χ3v) is 5.78. The first kappa shape index (κ1) is 22.5. The minimum Gasteiger partial charge on any atom is -0.223 e. The quantitative estimate of drug-likeness (QED) is 0.230. The van der Waals surface area contributed by atoms with Crippen molar-refractivity contribution < 1.29 is 0 Å². The molecule has 1 rings (SSSR count). The Morgan fingerprint density at radius 2 is 1.12 bits per heavy atom. The van der Waals surface area contributed by atoms with Gasteiger partial charge < -0.3 is 0 Å². The van der Waals surface area contributed by atoms with Crippen molar-refractivity contribution in [1.82, 2.24) is 4.84 Å². The zero-order valence-electron chi connectivity index (χ0n) is 16.7. The molecule has 0 saturated carbocycles. The van der Waals surface area contributed by atoms with Crippen molar-refractivity contribution in [2.24, 2.45) is 0 Å². The lowest BCUT2D eigenvalue weighted by atomic mass is 9.81. The van der Waals surface area contributed by atoms with E-state index in [0.717, 1.165) is 12.8 Å². The van der Waals surface area contributed by atoms with E-state index >= 15 is 0 Å². The van der Waals surface area contributed by atoms with Gasteiger partial charge in [-0.15, -0.1) is 0 Å². The van der Waals surface area contributed by atoms with Crippen molar-refractivity contribution in [1.29, 1.82) is 0 Å². The molecule has 0 aliphatic carbocycles. The summed E-state index contributed by atoms with van der Waals surface area (Å²) in [5.74, 6) is 0. The summed E-state index contributed by atoms with van der Waals surface area (Å²) < 4.78 is 0. The van der Waals surface area contributed by atoms with Crippen LogP contribution in [0.3, 0.4) is 0 Å². The van der Waals surface area contributed by atoms with Gasteiger partial charge in [0, 0.05) is 0 Å². The predicted octanol–water partition coefficient (Wildman–Crippen LogP) is 8.13. The molecule has 0 radical (unpaired) electrons. The maximum atomic E-state index is 6.33. The molecule has 1 aromatic rings. The third kappa shape index (κ3) is 9.11. The molecular formula is C23H40ClN. The standard InChI is InChI=1S/C23H40ClN/c1-3-5-7-9-11-16-20-23(25-24,22-18-14-13-15-19-22)21-17-12-10-8-6-4-2/h13-15,18-19,25H,3-12,16-17,20-21H2,1-2H3. The number of benzene rings is 1. The van der Waals surface area contributed by atoms with Crippen LogP contribution in [0.25, 0.3) is 0 Å². The van der Waals surface area contributed by atoms with Crippen molar-refractivity contribution in [2.75, 3.05) is 0 Å². The van der Waals surface area contributed by atoms with Crippen molar-refractivity contribution >= 4 is 11.8 Å². The molecule has 1 aromatic carbocycles. The first-order valence-corrected chi connectivity index (χ1v) is 11.1. The number of hydrogen-bond donors (Lipinski definition) is 1. The van der Waals surface area contributed by atoms with Gasteiger partial charge in [0.25, 0.3) is 0 Å². The molecule has 144 valence electrons. The number of nitrogens with one attached hydrogen (secondary N) is 1. The first-order chi connectivity index (χ1) is 12.3. The van der Waals surface area contributed by atoms with Gasteiger partial charge >= 0.3 is 0 Å². The smallest absolute Gasteiger partial charge is 0.0580 e. The largest absolute Gasteiger partial charge is 0.223 e. The van der Waals surface area contributed by atoms with Crippen LogP contribution >= 0.6 is 11.8 Å². The Morgan fingerprint density at radius 3 is 1.56 bits per heavy atom. The summed E-state index contributed by atoms with van der Waals surface area (Å²) in [6.07, 6.45) is 18.3. The summed E-state index contributed by atoms with van der Waals surface area (Å²) in [5, 5.41) is 0. The molecule has 0 amide bonds. The highest BCUT2D eigenvalue weighted by atomic mass is 35.5. The zero-order chi connectivity index (χ0) is 18.2. The summed E-state index contributed by atoms with van der Waals surface area (Å²) >= 11 is 6.33. The topological polar surface area (TPSA) is 12.0 Å². The molecule has 0 unspecified atom stereocenters. The second-order valence-corrected chi connectivity index (χ2v) is 7.77. The molecule has 0 bridgehead atoms. The van der Waals surface area contributed by atoms with Gasteiger partial charge in [-0.25, -0.2) is 4.84 Å². The average Bonchev–Trinajstić information content (AvgIpc) is 2.66. The van der Waals surface area contributed by atoms with Gasteiger partial charge in [0.1, 0.15) is 0 Å². The van der Waals surface area contributed by atoms with E-state index in [0.29, 0.717) is 0 Å². The fourth-order valence-electron chi connectivity index (χ4n) is 3.73. The Hall–Kier alpha value is -0.530. The van der Waals surface area contributed by atoms with E-state index in [1.165, 1.54) is 82.6 Å². The zero-order valence-corrected chi connectivity index (χ0v) is 17.4. The van der Waals surface area contributed by atoms with Crippen LogP contribution in [-0.2, 0) is 5.54 Å². The van der Waals surface area contributed by atoms with Gasteiger partial charge in [-0.3, -0.25) is 0 Å². The minimum atomic E-state index is -0.0572. The molecule has 2 heteroatoms.